The van der Waals surface area contributed by atoms with Crippen LogP contribution in [0.15, 0.2) is 18.3 Å². The fraction of sp³-hybridized carbons (Fsp3) is 0.611. The summed E-state index contributed by atoms with van der Waals surface area (Å²) in [6.07, 6.45) is 7.45. The van der Waals surface area contributed by atoms with Crippen LogP contribution in [0.2, 0.25) is 0 Å². The summed E-state index contributed by atoms with van der Waals surface area (Å²) in [7, 11) is 0. The largest absolute Gasteiger partial charge is 0.367 e. The molecule has 1 aliphatic heterocycles. The van der Waals surface area contributed by atoms with Crippen LogP contribution in [0.1, 0.15) is 32.1 Å². The summed E-state index contributed by atoms with van der Waals surface area (Å²) in [5.74, 6) is 2.98. The lowest BCUT2D eigenvalue weighted by molar-refractivity contribution is -0.131. The molecule has 3 heterocycles. The van der Waals surface area contributed by atoms with Crippen LogP contribution in [0.5, 0.6) is 0 Å². The summed E-state index contributed by atoms with van der Waals surface area (Å²) in [6.45, 7) is 3.28. The highest BCUT2D eigenvalue weighted by Crippen LogP contribution is 2.33. The highest BCUT2D eigenvalue weighted by atomic mass is 16.2. The molecule has 1 amide bonds. The van der Waals surface area contributed by atoms with Crippen molar-refractivity contribution in [3.63, 3.8) is 0 Å². The number of amides is 1. The molecule has 0 bridgehead atoms. The van der Waals surface area contributed by atoms with Crippen LogP contribution in [0.4, 0.5) is 11.6 Å². The van der Waals surface area contributed by atoms with Crippen LogP contribution in [0.25, 0.3) is 5.65 Å². The Balaban J connectivity index is 1.30. The van der Waals surface area contributed by atoms with Gasteiger partial charge in [-0.3, -0.25) is 4.79 Å². The molecule has 2 aromatic rings. The van der Waals surface area contributed by atoms with Gasteiger partial charge in [0.1, 0.15) is 11.6 Å². The third-order valence-corrected chi connectivity index (χ3v) is 5.39. The Morgan fingerprint density at radius 1 is 1.16 bits per heavy atom. The van der Waals surface area contributed by atoms with E-state index in [0.717, 1.165) is 49.9 Å². The Hall–Kier alpha value is -2.31. The predicted molar refractivity (Wildman–Crippen MR) is 95.8 cm³/mol. The van der Waals surface area contributed by atoms with E-state index < -0.39 is 0 Å². The van der Waals surface area contributed by atoms with Crippen molar-refractivity contribution in [1.82, 2.24) is 19.5 Å². The van der Waals surface area contributed by atoms with Gasteiger partial charge in [0, 0.05) is 50.8 Å². The fourth-order valence-electron chi connectivity index (χ4n) is 3.48. The number of rotatable bonds is 5. The lowest BCUT2D eigenvalue weighted by Crippen LogP contribution is -2.49. The van der Waals surface area contributed by atoms with Crippen molar-refractivity contribution in [3.8, 4) is 0 Å². The first-order chi connectivity index (χ1) is 12.3. The monoisotopic (exact) mass is 340 g/mol. The van der Waals surface area contributed by atoms with Gasteiger partial charge >= 0.3 is 0 Å². The van der Waals surface area contributed by atoms with Crippen LogP contribution >= 0.6 is 0 Å². The number of fused-ring (bicyclic) bond motifs is 1. The molecule has 2 aliphatic carbocycles. The van der Waals surface area contributed by atoms with Gasteiger partial charge in [-0.25, -0.2) is 4.98 Å². The molecule has 3 fully saturated rings. The Morgan fingerprint density at radius 3 is 2.68 bits per heavy atom. The Morgan fingerprint density at radius 2 is 1.96 bits per heavy atom. The van der Waals surface area contributed by atoms with E-state index in [2.05, 4.69) is 21.4 Å². The van der Waals surface area contributed by atoms with Gasteiger partial charge in [0.25, 0.3) is 0 Å². The lowest BCUT2D eigenvalue weighted by atomic mass is 10.2. The first-order valence-corrected chi connectivity index (χ1v) is 9.40. The molecule has 2 saturated carbocycles. The summed E-state index contributed by atoms with van der Waals surface area (Å²) in [5.41, 5.74) is 0.868. The normalized spacial score (nSPS) is 21.0. The van der Waals surface area contributed by atoms with E-state index in [9.17, 15) is 4.79 Å². The number of hydrogen-bond acceptors (Lipinski definition) is 5. The van der Waals surface area contributed by atoms with Gasteiger partial charge in [-0.15, -0.1) is 0 Å². The van der Waals surface area contributed by atoms with Gasteiger partial charge < -0.3 is 15.1 Å². The summed E-state index contributed by atoms with van der Waals surface area (Å²) in [5, 5.41) is 7.92. The number of hydrogen-bond donors (Lipinski definition) is 1. The molecule has 7 heteroatoms. The number of nitrogens with zero attached hydrogens (tertiary/aromatic N) is 5. The van der Waals surface area contributed by atoms with E-state index in [0.29, 0.717) is 17.9 Å². The van der Waals surface area contributed by atoms with Crippen molar-refractivity contribution in [2.24, 2.45) is 5.92 Å². The van der Waals surface area contributed by atoms with Gasteiger partial charge in [-0.05, 0) is 31.6 Å². The van der Waals surface area contributed by atoms with Crippen molar-refractivity contribution < 1.29 is 4.79 Å². The SMILES string of the molecule is O=C(CC1CC1)N1CCN(c2cc(NC3CC3)n3nccc3n2)CC1. The average molecular weight is 340 g/mol. The molecule has 5 rings (SSSR count). The van der Waals surface area contributed by atoms with Crippen molar-refractivity contribution in [3.05, 3.63) is 18.3 Å². The zero-order valence-corrected chi connectivity index (χ0v) is 14.4. The summed E-state index contributed by atoms with van der Waals surface area (Å²) >= 11 is 0. The second-order valence-corrected chi connectivity index (χ2v) is 7.53. The summed E-state index contributed by atoms with van der Waals surface area (Å²) in [4.78, 5) is 21.3. The lowest BCUT2D eigenvalue weighted by Gasteiger charge is -2.35. The van der Waals surface area contributed by atoms with Gasteiger partial charge in [0.15, 0.2) is 5.65 Å². The van der Waals surface area contributed by atoms with Gasteiger partial charge in [0.05, 0.1) is 6.20 Å². The molecule has 2 aromatic heterocycles. The van der Waals surface area contributed by atoms with Gasteiger partial charge in [0.2, 0.25) is 5.91 Å². The molecule has 25 heavy (non-hydrogen) atoms. The van der Waals surface area contributed by atoms with Crippen LogP contribution in [0, 0.1) is 5.92 Å². The summed E-state index contributed by atoms with van der Waals surface area (Å²) in [6, 6.07) is 4.61. The zero-order valence-electron chi connectivity index (χ0n) is 14.4. The summed E-state index contributed by atoms with van der Waals surface area (Å²) < 4.78 is 1.87. The fourth-order valence-corrected chi connectivity index (χ4v) is 3.48. The number of carbonyl (C=O) groups excluding carboxylic acids is 1. The molecule has 0 aromatic carbocycles. The molecule has 0 atom stereocenters. The van der Waals surface area contributed by atoms with Crippen molar-refractivity contribution in [2.75, 3.05) is 36.4 Å². The highest BCUT2D eigenvalue weighted by molar-refractivity contribution is 5.77. The maximum absolute atomic E-state index is 12.3. The second-order valence-electron chi connectivity index (χ2n) is 7.53. The minimum Gasteiger partial charge on any atom is -0.367 e. The third kappa shape index (κ3) is 3.15. The van der Waals surface area contributed by atoms with Crippen molar-refractivity contribution >= 4 is 23.2 Å². The molecule has 0 radical (unpaired) electrons. The van der Waals surface area contributed by atoms with Gasteiger partial charge in [-0.1, -0.05) is 0 Å². The van der Waals surface area contributed by atoms with Gasteiger partial charge in [-0.2, -0.15) is 9.61 Å². The minimum atomic E-state index is 0.331. The van der Waals surface area contributed by atoms with E-state index in [1.54, 1.807) is 6.20 Å². The standard InChI is InChI=1S/C18H24N6O/c25-18(11-13-1-2-13)23-9-7-22(8-10-23)16-12-17(20-14-3-4-14)24-15(21-16)5-6-19-24/h5-6,12-14,20H,1-4,7-11H2. The van der Waals surface area contributed by atoms with Crippen molar-refractivity contribution in [1.29, 1.82) is 0 Å². The highest BCUT2D eigenvalue weighted by Gasteiger charge is 2.29. The maximum atomic E-state index is 12.3. The van der Waals surface area contributed by atoms with E-state index in [1.807, 2.05) is 15.5 Å². The van der Waals surface area contributed by atoms with Crippen LogP contribution in [-0.2, 0) is 4.79 Å². The number of piperazine rings is 1. The Kier molecular flexibility index (Phi) is 3.53. The van der Waals surface area contributed by atoms with Crippen LogP contribution in [-0.4, -0.2) is 57.6 Å². The number of nitrogens with one attached hydrogen (secondary N) is 1. The van der Waals surface area contributed by atoms with Crippen molar-refractivity contribution in [2.45, 2.75) is 38.1 Å². The number of aromatic nitrogens is 3. The third-order valence-electron chi connectivity index (χ3n) is 5.39. The maximum Gasteiger partial charge on any atom is 0.222 e. The molecule has 0 spiro atoms. The zero-order chi connectivity index (χ0) is 16.8. The molecular formula is C18H24N6O. The molecule has 132 valence electrons. The molecule has 1 saturated heterocycles. The number of anilines is 2. The molecule has 1 N–H and O–H groups in total. The Labute approximate surface area is 147 Å². The average Bonchev–Trinajstić information content (AvgIpc) is 3.55. The molecular weight excluding hydrogens is 316 g/mol. The van der Waals surface area contributed by atoms with E-state index in [4.69, 9.17) is 4.98 Å². The predicted octanol–water partition coefficient (Wildman–Crippen LogP) is 1.75. The second kappa shape index (κ2) is 5.89. The first kappa shape index (κ1) is 15.0. The molecule has 7 nitrogen and oxygen atoms in total. The van der Waals surface area contributed by atoms with E-state index >= 15 is 0 Å². The number of carbonyl (C=O) groups is 1. The molecule has 0 unspecified atom stereocenters. The minimum absolute atomic E-state index is 0.331. The Bertz CT molecular complexity index is 786. The van der Waals surface area contributed by atoms with Crippen LogP contribution in [0.3, 0.4) is 0 Å². The molecule has 3 aliphatic rings. The first-order valence-electron chi connectivity index (χ1n) is 9.40. The smallest absolute Gasteiger partial charge is 0.222 e. The van der Waals surface area contributed by atoms with E-state index in [1.165, 1.54) is 25.7 Å². The topological polar surface area (TPSA) is 65.8 Å². The van der Waals surface area contributed by atoms with E-state index in [-0.39, 0.29) is 0 Å². The van der Waals surface area contributed by atoms with Crippen LogP contribution < -0.4 is 10.2 Å². The quantitative estimate of drug-likeness (QED) is 0.898.